The molecule has 1 N–H and O–H groups in total. The lowest BCUT2D eigenvalue weighted by Crippen LogP contribution is -2.12. The zero-order valence-electron chi connectivity index (χ0n) is 16.8. The number of rotatable bonds is 6. The summed E-state index contributed by atoms with van der Waals surface area (Å²) in [6.07, 6.45) is 6.98. The Morgan fingerprint density at radius 3 is 2.47 bits per heavy atom. The van der Waals surface area contributed by atoms with E-state index in [1.165, 1.54) is 11.3 Å². The van der Waals surface area contributed by atoms with Crippen molar-refractivity contribution in [2.75, 3.05) is 5.32 Å². The summed E-state index contributed by atoms with van der Waals surface area (Å²) in [7, 11) is 0. The van der Waals surface area contributed by atoms with Crippen LogP contribution in [-0.4, -0.2) is 25.7 Å². The van der Waals surface area contributed by atoms with E-state index in [4.69, 9.17) is 4.74 Å². The molecule has 0 atom stereocenters. The Hall–Kier alpha value is -4.30. The summed E-state index contributed by atoms with van der Waals surface area (Å²) >= 11 is 1.40. The minimum atomic E-state index is -0.272. The highest BCUT2D eigenvalue weighted by Gasteiger charge is 2.14. The number of nitrogens with one attached hydrogen (secondary N) is 1. The Bertz CT molecular complexity index is 1330. The lowest BCUT2D eigenvalue weighted by molar-refractivity contribution is 0.102. The maximum atomic E-state index is 12.6. The number of ether oxygens (including phenoxy) is 1. The Balaban J connectivity index is 1.25. The number of aromatic nitrogens is 4. The number of pyridine rings is 1. The van der Waals surface area contributed by atoms with Crippen LogP contribution >= 0.6 is 11.3 Å². The lowest BCUT2D eigenvalue weighted by atomic mass is 10.3. The van der Waals surface area contributed by atoms with E-state index in [0.29, 0.717) is 22.9 Å². The van der Waals surface area contributed by atoms with E-state index in [1.54, 1.807) is 65.1 Å². The minimum absolute atomic E-state index is 0.272. The molecular formula is C24H17N5O2S. The van der Waals surface area contributed by atoms with Gasteiger partial charge in [0.15, 0.2) is 0 Å². The van der Waals surface area contributed by atoms with Crippen LogP contribution in [0.25, 0.3) is 16.3 Å². The number of hydrogen-bond acceptors (Lipinski definition) is 6. The van der Waals surface area contributed by atoms with Crippen LogP contribution in [0.5, 0.6) is 11.5 Å². The fourth-order valence-electron chi connectivity index (χ4n) is 3.01. The summed E-state index contributed by atoms with van der Waals surface area (Å²) in [4.78, 5) is 21.1. The van der Waals surface area contributed by atoms with Crippen LogP contribution in [0.1, 0.15) is 10.5 Å². The predicted octanol–water partition coefficient (Wildman–Crippen LogP) is 5.44. The first kappa shape index (κ1) is 19.7. The minimum Gasteiger partial charge on any atom is -0.457 e. The third-order valence-corrected chi connectivity index (χ3v) is 5.48. The molecule has 3 heterocycles. The van der Waals surface area contributed by atoms with Crippen molar-refractivity contribution in [3.05, 3.63) is 103 Å². The predicted molar refractivity (Wildman–Crippen MR) is 123 cm³/mol. The second-order valence-corrected chi connectivity index (χ2v) is 7.67. The maximum absolute atomic E-state index is 12.6. The normalized spacial score (nSPS) is 10.6. The molecule has 0 aliphatic heterocycles. The average molecular weight is 440 g/mol. The van der Waals surface area contributed by atoms with E-state index in [9.17, 15) is 4.79 Å². The van der Waals surface area contributed by atoms with E-state index in [2.05, 4.69) is 20.4 Å². The Labute approximate surface area is 188 Å². The van der Waals surface area contributed by atoms with Gasteiger partial charge in [0, 0.05) is 35.2 Å². The van der Waals surface area contributed by atoms with Gasteiger partial charge >= 0.3 is 0 Å². The molecule has 5 aromatic rings. The van der Waals surface area contributed by atoms with Crippen molar-refractivity contribution < 1.29 is 9.53 Å². The molecule has 1 amide bonds. The number of anilines is 1. The van der Waals surface area contributed by atoms with Crippen LogP contribution in [0, 0.1) is 0 Å². The second kappa shape index (κ2) is 8.83. The smallest absolute Gasteiger partial charge is 0.275 e. The molecule has 3 aromatic heterocycles. The Morgan fingerprint density at radius 2 is 1.69 bits per heavy atom. The van der Waals surface area contributed by atoms with Gasteiger partial charge in [-0.3, -0.25) is 9.78 Å². The van der Waals surface area contributed by atoms with Crippen LogP contribution in [0.15, 0.2) is 96.9 Å². The summed E-state index contributed by atoms with van der Waals surface area (Å²) in [6.45, 7) is 0. The molecule has 7 nitrogen and oxygen atoms in total. The second-order valence-electron chi connectivity index (χ2n) is 6.81. The van der Waals surface area contributed by atoms with Gasteiger partial charge in [0.25, 0.3) is 5.91 Å². The molecule has 2 aromatic carbocycles. The van der Waals surface area contributed by atoms with Crippen molar-refractivity contribution in [1.82, 2.24) is 19.7 Å². The molecule has 0 saturated carbocycles. The third-order valence-electron chi connectivity index (χ3n) is 4.58. The van der Waals surface area contributed by atoms with Crippen LogP contribution < -0.4 is 10.1 Å². The van der Waals surface area contributed by atoms with Gasteiger partial charge in [-0.25, -0.2) is 9.67 Å². The van der Waals surface area contributed by atoms with Crippen LogP contribution in [0.4, 0.5) is 5.69 Å². The fourth-order valence-corrected chi connectivity index (χ4v) is 3.79. The molecule has 0 unspecified atom stereocenters. The van der Waals surface area contributed by atoms with E-state index < -0.39 is 0 Å². The van der Waals surface area contributed by atoms with Gasteiger partial charge in [-0.1, -0.05) is 18.2 Å². The van der Waals surface area contributed by atoms with Gasteiger partial charge in [-0.2, -0.15) is 5.10 Å². The van der Waals surface area contributed by atoms with Gasteiger partial charge in [0.2, 0.25) is 0 Å². The van der Waals surface area contributed by atoms with Crippen LogP contribution in [0.2, 0.25) is 0 Å². The number of para-hydroxylation sites is 1. The van der Waals surface area contributed by atoms with Gasteiger partial charge in [-0.05, 0) is 48.5 Å². The highest BCUT2D eigenvalue weighted by molar-refractivity contribution is 7.13. The molecule has 0 fully saturated rings. The number of thiazole rings is 1. The van der Waals surface area contributed by atoms with E-state index in [1.807, 2.05) is 36.5 Å². The van der Waals surface area contributed by atoms with Crippen molar-refractivity contribution in [3.63, 3.8) is 0 Å². The highest BCUT2D eigenvalue weighted by Crippen LogP contribution is 2.26. The van der Waals surface area contributed by atoms with E-state index in [-0.39, 0.29) is 5.91 Å². The molecule has 0 spiro atoms. The number of amides is 1. The zero-order valence-corrected chi connectivity index (χ0v) is 17.6. The van der Waals surface area contributed by atoms with E-state index >= 15 is 0 Å². The van der Waals surface area contributed by atoms with Crippen LogP contribution in [-0.2, 0) is 0 Å². The number of carbonyl (C=O) groups is 1. The monoisotopic (exact) mass is 439 g/mol. The first-order chi connectivity index (χ1) is 15.7. The summed E-state index contributed by atoms with van der Waals surface area (Å²) < 4.78 is 7.52. The quantitative estimate of drug-likeness (QED) is 0.381. The third kappa shape index (κ3) is 4.40. The molecule has 156 valence electrons. The molecule has 32 heavy (non-hydrogen) atoms. The largest absolute Gasteiger partial charge is 0.457 e. The van der Waals surface area contributed by atoms with Crippen molar-refractivity contribution in [3.8, 4) is 27.8 Å². The first-order valence-corrected chi connectivity index (χ1v) is 10.7. The molecule has 5 rings (SSSR count). The lowest BCUT2D eigenvalue weighted by Gasteiger charge is -2.07. The fraction of sp³-hybridized carbons (Fsp3) is 0. The number of carbonyl (C=O) groups excluding carboxylic acids is 1. The highest BCUT2D eigenvalue weighted by atomic mass is 32.1. The summed E-state index contributed by atoms with van der Waals surface area (Å²) in [6, 6.07) is 20.5. The van der Waals surface area contributed by atoms with Gasteiger partial charge in [-0.15, -0.1) is 11.3 Å². The van der Waals surface area contributed by atoms with Gasteiger partial charge in [0.1, 0.15) is 22.2 Å². The molecule has 0 saturated heterocycles. The first-order valence-electron chi connectivity index (χ1n) is 9.80. The average Bonchev–Trinajstić information content (AvgIpc) is 3.52. The maximum Gasteiger partial charge on any atom is 0.275 e. The zero-order chi connectivity index (χ0) is 21.8. The van der Waals surface area contributed by atoms with E-state index in [0.717, 1.165) is 16.3 Å². The number of hydrogen-bond donors (Lipinski definition) is 1. The van der Waals surface area contributed by atoms with Crippen molar-refractivity contribution >= 4 is 22.9 Å². The summed E-state index contributed by atoms with van der Waals surface area (Å²) in [5, 5.41) is 9.73. The SMILES string of the molecule is O=C(Nc1ccc(Oc2ccncc2)cc1)c1csc(-c2cnn(-c3ccccc3)c2)n1. The number of nitrogens with zero attached hydrogens (tertiary/aromatic N) is 4. The Kier molecular flexibility index (Phi) is 5.42. The molecule has 0 radical (unpaired) electrons. The van der Waals surface area contributed by atoms with Crippen molar-refractivity contribution in [1.29, 1.82) is 0 Å². The topological polar surface area (TPSA) is 81.9 Å². The number of benzene rings is 2. The molecular weight excluding hydrogens is 422 g/mol. The molecule has 0 aliphatic carbocycles. The molecule has 8 heteroatoms. The van der Waals surface area contributed by atoms with Crippen molar-refractivity contribution in [2.45, 2.75) is 0 Å². The standard InChI is InChI=1S/C24H17N5O2S/c30-23(27-18-6-8-20(9-7-18)31-21-10-12-25-13-11-21)22-16-32-24(28-22)17-14-26-29(15-17)19-4-2-1-3-5-19/h1-16H,(H,27,30). The molecule has 0 aliphatic rings. The molecule has 0 bridgehead atoms. The van der Waals surface area contributed by atoms with Crippen LogP contribution in [0.3, 0.4) is 0 Å². The van der Waals surface area contributed by atoms with Gasteiger partial charge < -0.3 is 10.1 Å². The summed E-state index contributed by atoms with van der Waals surface area (Å²) in [5.74, 6) is 1.09. The Morgan fingerprint density at radius 1 is 0.938 bits per heavy atom. The van der Waals surface area contributed by atoms with Crippen molar-refractivity contribution in [2.24, 2.45) is 0 Å². The summed E-state index contributed by atoms with van der Waals surface area (Å²) in [5.41, 5.74) is 2.83. The van der Waals surface area contributed by atoms with Gasteiger partial charge in [0.05, 0.1) is 11.9 Å².